The lowest BCUT2D eigenvalue weighted by molar-refractivity contribution is 0.0986. The van der Waals surface area contributed by atoms with Crippen molar-refractivity contribution in [3.8, 4) is 0 Å². The molecule has 0 saturated heterocycles. The van der Waals surface area contributed by atoms with Gasteiger partial charge < -0.3 is 9.12 Å². The Morgan fingerprint density at radius 3 is 2.47 bits per heavy atom. The van der Waals surface area contributed by atoms with Crippen molar-refractivity contribution in [1.82, 2.24) is 4.57 Å². The number of ketones is 1. The third kappa shape index (κ3) is 4.11. The second kappa shape index (κ2) is 5.79. The number of hydrogen-bond donors (Lipinski definition) is 0. The highest BCUT2D eigenvalue weighted by molar-refractivity contribution is 7.79. The number of Topliss-reactive ketones (excluding diaryl/α,β-unsaturated/α-hetero) is 1. The van der Waals surface area contributed by atoms with Gasteiger partial charge in [-0.1, -0.05) is 31.9 Å². The largest absolute Gasteiger partial charge is 0.772 e. The second-order valence-corrected chi connectivity index (χ2v) is 6.49. The first-order chi connectivity index (χ1) is 8.62. The molecule has 1 heterocycles. The standard InChI is InChI=1S/C13H19NO4S/c1-13(2,3)12-7-11(16)9(8-14(12)4)10(15)5-6-19(17)18/h7-8H,5-6H2,1-4H3,(H,17,18)/p-1. The number of aromatic nitrogens is 1. The maximum atomic E-state index is 11.9. The molecule has 0 aromatic carbocycles. The Labute approximate surface area is 114 Å². The first-order valence-electron chi connectivity index (χ1n) is 5.93. The summed E-state index contributed by atoms with van der Waals surface area (Å²) in [7, 11) is 1.77. The van der Waals surface area contributed by atoms with Gasteiger partial charge in [-0.05, 0) is 0 Å². The molecule has 0 aliphatic carbocycles. The zero-order valence-corrected chi connectivity index (χ0v) is 12.4. The highest BCUT2D eigenvalue weighted by Gasteiger charge is 2.19. The molecule has 5 nitrogen and oxygen atoms in total. The van der Waals surface area contributed by atoms with Crippen LogP contribution in [0.3, 0.4) is 0 Å². The Morgan fingerprint density at radius 1 is 1.42 bits per heavy atom. The molecule has 1 atom stereocenters. The fourth-order valence-electron chi connectivity index (χ4n) is 1.90. The molecular weight excluding hydrogens is 266 g/mol. The molecule has 0 fully saturated rings. The number of rotatable bonds is 4. The van der Waals surface area contributed by atoms with Crippen molar-refractivity contribution in [3.63, 3.8) is 0 Å². The van der Waals surface area contributed by atoms with Crippen LogP contribution in [0, 0.1) is 0 Å². The summed E-state index contributed by atoms with van der Waals surface area (Å²) in [6, 6.07) is 1.45. The van der Waals surface area contributed by atoms with Gasteiger partial charge in [0.05, 0.1) is 5.56 Å². The smallest absolute Gasteiger partial charge is 0.192 e. The average molecular weight is 284 g/mol. The van der Waals surface area contributed by atoms with E-state index < -0.39 is 16.9 Å². The lowest BCUT2D eigenvalue weighted by atomic mass is 9.90. The molecule has 19 heavy (non-hydrogen) atoms. The third-order valence-electron chi connectivity index (χ3n) is 2.80. The molecule has 0 saturated carbocycles. The summed E-state index contributed by atoms with van der Waals surface area (Å²) in [4.78, 5) is 23.7. The van der Waals surface area contributed by atoms with Gasteiger partial charge in [-0.2, -0.15) is 0 Å². The van der Waals surface area contributed by atoms with Crippen LogP contribution >= 0.6 is 0 Å². The molecule has 0 aliphatic rings. The van der Waals surface area contributed by atoms with Crippen molar-refractivity contribution in [2.45, 2.75) is 32.6 Å². The van der Waals surface area contributed by atoms with Crippen LogP contribution in [0.2, 0.25) is 0 Å². The molecule has 1 rings (SSSR count). The van der Waals surface area contributed by atoms with Crippen LogP contribution in [-0.2, 0) is 23.5 Å². The summed E-state index contributed by atoms with van der Waals surface area (Å²) < 4.78 is 22.6. The summed E-state index contributed by atoms with van der Waals surface area (Å²) in [5.74, 6) is -0.700. The maximum Gasteiger partial charge on any atom is 0.192 e. The van der Waals surface area contributed by atoms with Crippen molar-refractivity contribution < 1.29 is 13.6 Å². The Balaban J connectivity index is 3.13. The van der Waals surface area contributed by atoms with Crippen molar-refractivity contribution >= 4 is 16.9 Å². The van der Waals surface area contributed by atoms with Crippen LogP contribution in [0.25, 0.3) is 0 Å². The summed E-state index contributed by atoms with van der Waals surface area (Å²) in [6.45, 7) is 5.93. The molecular formula is C13H18NO4S-. The van der Waals surface area contributed by atoms with Crippen LogP contribution in [-0.4, -0.2) is 24.9 Å². The van der Waals surface area contributed by atoms with Gasteiger partial charge in [0.15, 0.2) is 11.2 Å². The fourth-order valence-corrected chi connectivity index (χ4v) is 2.25. The minimum atomic E-state index is -2.27. The van der Waals surface area contributed by atoms with E-state index >= 15 is 0 Å². The quantitative estimate of drug-likeness (QED) is 0.613. The highest BCUT2D eigenvalue weighted by atomic mass is 32.2. The lowest BCUT2D eigenvalue weighted by Crippen LogP contribution is -2.25. The molecule has 0 aliphatic heterocycles. The molecule has 1 unspecified atom stereocenters. The van der Waals surface area contributed by atoms with Crippen LogP contribution in [0.15, 0.2) is 17.1 Å². The monoisotopic (exact) mass is 284 g/mol. The van der Waals surface area contributed by atoms with Gasteiger partial charge in [-0.15, -0.1) is 0 Å². The van der Waals surface area contributed by atoms with E-state index in [2.05, 4.69) is 0 Å². The van der Waals surface area contributed by atoms with Gasteiger partial charge >= 0.3 is 0 Å². The molecule has 106 valence electrons. The average Bonchev–Trinajstić information content (AvgIpc) is 2.27. The molecule has 0 amide bonds. The zero-order chi connectivity index (χ0) is 14.8. The molecule has 0 spiro atoms. The van der Waals surface area contributed by atoms with E-state index in [-0.39, 0.29) is 28.6 Å². The summed E-state index contributed by atoms with van der Waals surface area (Å²) in [5, 5.41) is 0. The minimum Gasteiger partial charge on any atom is -0.772 e. The molecule has 0 radical (unpaired) electrons. The van der Waals surface area contributed by atoms with E-state index in [0.29, 0.717) is 0 Å². The Bertz CT molecular complexity index is 569. The molecule has 6 heteroatoms. The van der Waals surface area contributed by atoms with Gasteiger partial charge in [0, 0.05) is 42.6 Å². The van der Waals surface area contributed by atoms with Crippen molar-refractivity contribution in [2.24, 2.45) is 7.05 Å². The van der Waals surface area contributed by atoms with Crippen molar-refractivity contribution in [3.05, 3.63) is 33.7 Å². The normalized spacial score (nSPS) is 13.3. The van der Waals surface area contributed by atoms with E-state index in [9.17, 15) is 18.4 Å². The predicted octanol–water partition coefficient (Wildman–Crippen LogP) is 1.13. The number of carbonyl (C=O) groups excluding carboxylic acids is 1. The number of pyridine rings is 1. The fraction of sp³-hybridized carbons (Fsp3) is 0.538. The summed E-state index contributed by atoms with van der Waals surface area (Å²) >= 11 is -2.27. The molecule has 0 N–H and O–H groups in total. The molecule has 0 bridgehead atoms. The lowest BCUT2D eigenvalue weighted by Gasteiger charge is -2.22. The molecule has 1 aromatic rings. The van der Waals surface area contributed by atoms with Gasteiger partial charge in [-0.3, -0.25) is 13.8 Å². The van der Waals surface area contributed by atoms with Crippen molar-refractivity contribution in [1.29, 1.82) is 0 Å². The first kappa shape index (κ1) is 15.8. The Morgan fingerprint density at radius 2 is 2.00 bits per heavy atom. The summed E-state index contributed by atoms with van der Waals surface area (Å²) in [6.07, 6.45) is 1.32. The topological polar surface area (TPSA) is 79.2 Å². The van der Waals surface area contributed by atoms with Gasteiger partial charge in [0.1, 0.15) is 0 Å². The van der Waals surface area contributed by atoms with E-state index in [4.69, 9.17) is 0 Å². The van der Waals surface area contributed by atoms with E-state index in [1.165, 1.54) is 12.3 Å². The van der Waals surface area contributed by atoms with E-state index in [0.717, 1.165) is 5.69 Å². The van der Waals surface area contributed by atoms with Gasteiger partial charge in [-0.25, -0.2) is 0 Å². The Kier molecular flexibility index (Phi) is 4.81. The predicted molar refractivity (Wildman–Crippen MR) is 73.1 cm³/mol. The highest BCUT2D eigenvalue weighted by Crippen LogP contribution is 2.20. The third-order valence-corrected chi connectivity index (χ3v) is 3.34. The van der Waals surface area contributed by atoms with E-state index in [1.54, 1.807) is 11.6 Å². The second-order valence-electron chi connectivity index (χ2n) is 5.48. The minimum absolute atomic E-state index is 0.0425. The summed E-state index contributed by atoms with van der Waals surface area (Å²) in [5.41, 5.74) is 0.304. The van der Waals surface area contributed by atoms with Crippen molar-refractivity contribution in [2.75, 3.05) is 5.75 Å². The molecule has 1 aromatic heterocycles. The maximum absolute atomic E-state index is 11.9. The number of aryl methyl sites for hydroxylation is 1. The SMILES string of the molecule is Cn1cc(C(=O)CCS(=O)[O-])c(=O)cc1C(C)(C)C. The van der Waals surface area contributed by atoms with Gasteiger partial charge in [0.25, 0.3) is 0 Å². The number of nitrogens with zero attached hydrogens (tertiary/aromatic N) is 1. The van der Waals surface area contributed by atoms with Gasteiger partial charge in [0.2, 0.25) is 0 Å². The first-order valence-corrected chi connectivity index (χ1v) is 7.17. The van der Waals surface area contributed by atoms with Crippen LogP contribution in [0.5, 0.6) is 0 Å². The van der Waals surface area contributed by atoms with Crippen LogP contribution < -0.4 is 5.43 Å². The number of hydrogen-bond acceptors (Lipinski definition) is 4. The Hall–Kier alpha value is -1.27. The number of carbonyl (C=O) groups is 1. The van der Waals surface area contributed by atoms with E-state index in [1.807, 2.05) is 20.8 Å². The zero-order valence-electron chi connectivity index (χ0n) is 11.6. The van der Waals surface area contributed by atoms with Crippen LogP contribution in [0.4, 0.5) is 0 Å². The van der Waals surface area contributed by atoms with Crippen LogP contribution in [0.1, 0.15) is 43.2 Å².